The summed E-state index contributed by atoms with van der Waals surface area (Å²) in [5, 5.41) is 0. The summed E-state index contributed by atoms with van der Waals surface area (Å²) < 4.78 is 10.9. The van der Waals surface area contributed by atoms with Gasteiger partial charge in [0.15, 0.2) is 25.7 Å². The number of likely N-dealkylation sites (N-methyl/N-ethyl adjacent to an activating group) is 2. The highest BCUT2D eigenvalue weighted by atomic mass is 16.5. The van der Waals surface area contributed by atoms with Crippen molar-refractivity contribution in [2.24, 2.45) is 0 Å². The Morgan fingerprint density at radius 1 is 0.714 bits per heavy atom. The second-order valence-electron chi connectivity index (χ2n) is 7.94. The molecule has 28 heavy (non-hydrogen) atoms. The molecule has 4 amide bonds. The number of amides is 4. The van der Waals surface area contributed by atoms with Gasteiger partial charge in [-0.05, 0) is 13.8 Å². The van der Waals surface area contributed by atoms with Gasteiger partial charge in [-0.2, -0.15) is 0 Å². The van der Waals surface area contributed by atoms with Crippen LogP contribution in [0.4, 0.5) is 9.59 Å². The summed E-state index contributed by atoms with van der Waals surface area (Å²) in [4.78, 5) is 36.8. The minimum Gasteiger partial charge on any atom is -0.370 e. The minimum absolute atomic E-state index is 0.0458. The van der Waals surface area contributed by atoms with Crippen molar-refractivity contribution in [3.8, 4) is 0 Å². The van der Waals surface area contributed by atoms with Gasteiger partial charge >= 0.3 is 12.1 Å². The topological polar surface area (TPSA) is 74.4 Å². The first-order chi connectivity index (χ1) is 13.7. The molecule has 0 radical (unpaired) electrons. The number of nitrogens with one attached hydrogen (secondary N) is 2. The first kappa shape index (κ1) is 19.7. The Hall–Kier alpha value is -1.62. The van der Waals surface area contributed by atoms with Crippen LogP contribution in [0, 0.1) is 0 Å². The number of nitrogens with zero attached hydrogens (tertiary/aromatic N) is 4. The highest BCUT2D eigenvalue weighted by molar-refractivity contribution is 5.85. The summed E-state index contributed by atoms with van der Waals surface area (Å²) >= 11 is 0. The molecule has 4 fully saturated rings. The molecule has 0 aromatic heterocycles. The Morgan fingerprint density at radius 3 is 1.39 bits per heavy atom. The molecule has 0 saturated carbocycles. The van der Waals surface area contributed by atoms with Crippen molar-refractivity contribution in [1.82, 2.24) is 19.6 Å². The van der Waals surface area contributed by atoms with Gasteiger partial charge in [0.05, 0.1) is 26.4 Å². The number of urea groups is 2. The monoisotopic (exact) mass is 398 g/mol. The largest absolute Gasteiger partial charge is 0.370 e. The van der Waals surface area contributed by atoms with Gasteiger partial charge in [0.25, 0.3) is 0 Å². The van der Waals surface area contributed by atoms with Gasteiger partial charge in [-0.15, -0.1) is 0 Å². The molecule has 0 bridgehead atoms. The van der Waals surface area contributed by atoms with Gasteiger partial charge in [-0.25, -0.2) is 9.59 Å². The van der Waals surface area contributed by atoms with Crippen LogP contribution in [0.3, 0.4) is 0 Å². The number of rotatable bonds is 6. The summed E-state index contributed by atoms with van der Waals surface area (Å²) in [7, 11) is 0. The number of ether oxygens (including phenoxy) is 2. The third-order valence-electron chi connectivity index (χ3n) is 6.40. The maximum absolute atomic E-state index is 13.2. The summed E-state index contributed by atoms with van der Waals surface area (Å²) in [6, 6.07) is 0.0915. The fourth-order valence-corrected chi connectivity index (χ4v) is 4.85. The molecule has 4 saturated heterocycles. The SMILES string of the molecule is CCN1C(=O)N(C[NH+]2CCOCC2)[C@H]2[C@H]1N(C[NH+]1CCOCC1)C(=O)N2CC. The van der Waals surface area contributed by atoms with E-state index < -0.39 is 0 Å². The van der Waals surface area contributed by atoms with E-state index in [-0.39, 0.29) is 24.4 Å². The van der Waals surface area contributed by atoms with Gasteiger partial charge < -0.3 is 19.3 Å². The van der Waals surface area contributed by atoms with Crippen LogP contribution in [0.1, 0.15) is 13.8 Å². The van der Waals surface area contributed by atoms with Crippen molar-refractivity contribution in [1.29, 1.82) is 0 Å². The lowest BCUT2D eigenvalue weighted by atomic mass is 10.3. The van der Waals surface area contributed by atoms with E-state index in [9.17, 15) is 9.59 Å². The molecule has 4 heterocycles. The number of hydrogen-bond donors (Lipinski definition) is 2. The molecular weight excluding hydrogens is 364 g/mol. The van der Waals surface area contributed by atoms with Crippen LogP contribution in [0.15, 0.2) is 0 Å². The molecule has 0 unspecified atom stereocenters. The third-order valence-corrected chi connectivity index (χ3v) is 6.40. The van der Waals surface area contributed by atoms with Crippen molar-refractivity contribution in [3.63, 3.8) is 0 Å². The predicted molar refractivity (Wildman–Crippen MR) is 99.6 cm³/mol. The number of hydrogen-bond acceptors (Lipinski definition) is 4. The van der Waals surface area contributed by atoms with Crippen LogP contribution in [0.2, 0.25) is 0 Å². The Kier molecular flexibility index (Phi) is 5.91. The lowest BCUT2D eigenvalue weighted by Gasteiger charge is -2.33. The molecule has 0 aromatic rings. The summed E-state index contributed by atoms with van der Waals surface area (Å²) in [6.45, 7) is 13.0. The van der Waals surface area contributed by atoms with Gasteiger partial charge in [-0.1, -0.05) is 0 Å². The summed E-state index contributed by atoms with van der Waals surface area (Å²) in [5.74, 6) is 0. The van der Waals surface area contributed by atoms with E-state index >= 15 is 0 Å². The van der Waals surface area contributed by atoms with E-state index in [1.807, 2.05) is 33.4 Å². The summed E-state index contributed by atoms with van der Waals surface area (Å²) in [5.41, 5.74) is 0. The van der Waals surface area contributed by atoms with Gasteiger partial charge in [-0.3, -0.25) is 19.6 Å². The molecular formula is C18H34N6O4+2. The van der Waals surface area contributed by atoms with Crippen LogP contribution >= 0.6 is 0 Å². The summed E-state index contributed by atoms with van der Waals surface area (Å²) in [6.07, 6.45) is -0.415. The zero-order valence-electron chi connectivity index (χ0n) is 17.1. The Balaban J connectivity index is 1.56. The number of carbonyl (C=O) groups excluding carboxylic acids is 2. The smallest absolute Gasteiger partial charge is 0.327 e. The van der Waals surface area contributed by atoms with E-state index in [2.05, 4.69) is 0 Å². The maximum Gasteiger partial charge on any atom is 0.327 e. The van der Waals surface area contributed by atoms with Crippen molar-refractivity contribution in [2.75, 3.05) is 79.0 Å². The molecule has 4 aliphatic heterocycles. The molecule has 0 aromatic carbocycles. The van der Waals surface area contributed by atoms with Crippen LogP contribution in [0.25, 0.3) is 0 Å². The molecule has 2 atom stereocenters. The standard InChI is InChI=1S/C18H32N6O4/c1-3-21-15-16(24(17(21)25)14-20-7-11-28-12-8-20)22(4-2)18(26)23(15)13-19-5-9-27-10-6-19/h15-16H,3-14H2,1-2H3/p+2/t15-,16+. The normalized spacial score (nSPS) is 29.9. The number of fused-ring (bicyclic) bond motifs is 1. The van der Waals surface area contributed by atoms with E-state index in [1.54, 1.807) is 0 Å². The van der Waals surface area contributed by atoms with Gasteiger partial charge in [0.1, 0.15) is 26.2 Å². The molecule has 10 heteroatoms. The molecule has 4 aliphatic rings. The molecule has 0 aliphatic carbocycles. The highest BCUT2D eigenvalue weighted by Crippen LogP contribution is 2.33. The maximum atomic E-state index is 13.2. The van der Waals surface area contributed by atoms with Gasteiger partial charge in [0.2, 0.25) is 0 Å². The molecule has 2 N–H and O–H groups in total. The molecule has 0 spiro atoms. The second-order valence-corrected chi connectivity index (χ2v) is 7.94. The third kappa shape index (κ3) is 3.42. The first-order valence-corrected chi connectivity index (χ1v) is 10.6. The van der Waals surface area contributed by atoms with Crippen molar-refractivity contribution < 1.29 is 28.9 Å². The van der Waals surface area contributed by atoms with Crippen molar-refractivity contribution in [3.05, 3.63) is 0 Å². The van der Waals surface area contributed by atoms with Crippen LogP contribution in [-0.2, 0) is 9.47 Å². The average molecular weight is 399 g/mol. The van der Waals surface area contributed by atoms with E-state index in [4.69, 9.17) is 9.47 Å². The zero-order valence-corrected chi connectivity index (χ0v) is 17.1. The Labute approximate surface area is 166 Å². The molecule has 10 nitrogen and oxygen atoms in total. The molecule has 4 rings (SSSR count). The Morgan fingerprint density at radius 2 is 1.07 bits per heavy atom. The Bertz CT molecular complexity index is 530. The van der Waals surface area contributed by atoms with Gasteiger partial charge in [0, 0.05) is 13.1 Å². The second kappa shape index (κ2) is 8.40. The van der Waals surface area contributed by atoms with Crippen LogP contribution < -0.4 is 9.80 Å². The zero-order chi connectivity index (χ0) is 19.7. The van der Waals surface area contributed by atoms with Crippen molar-refractivity contribution >= 4 is 12.1 Å². The van der Waals surface area contributed by atoms with E-state index in [0.29, 0.717) is 26.4 Å². The number of morpholine rings is 2. The van der Waals surface area contributed by atoms with E-state index in [0.717, 1.165) is 52.6 Å². The van der Waals surface area contributed by atoms with Crippen LogP contribution in [-0.4, -0.2) is 123 Å². The quantitative estimate of drug-likeness (QED) is 0.497. The lowest BCUT2D eigenvalue weighted by molar-refractivity contribution is -0.917. The average Bonchev–Trinajstić information content (AvgIpc) is 3.14. The molecule has 158 valence electrons. The minimum atomic E-state index is -0.208. The fourth-order valence-electron chi connectivity index (χ4n) is 4.85. The number of carbonyl (C=O) groups is 2. The number of quaternary nitrogens is 2. The first-order valence-electron chi connectivity index (χ1n) is 10.6. The lowest BCUT2D eigenvalue weighted by Crippen LogP contribution is -3.15. The van der Waals surface area contributed by atoms with Crippen LogP contribution in [0.5, 0.6) is 0 Å². The predicted octanol–water partition coefficient (Wildman–Crippen LogP) is -3.10. The van der Waals surface area contributed by atoms with E-state index in [1.165, 1.54) is 9.80 Å². The highest BCUT2D eigenvalue weighted by Gasteiger charge is 2.59. The van der Waals surface area contributed by atoms with Crippen molar-refractivity contribution in [2.45, 2.75) is 26.2 Å². The fraction of sp³-hybridized carbons (Fsp3) is 0.889.